The number of unbranched alkanes of at least 4 members (excludes halogenated alkanes) is 1. The minimum absolute atomic E-state index is 0.126. The number of carbonyl (C=O) groups is 2. The van der Waals surface area contributed by atoms with Gasteiger partial charge in [-0.25, -0.2) is 8.42 Å². The number of nitrogens with one attached hydrogen (secondary N) is 1. The number of rotatable bonds is 13. The van der Waals surface area contributed by atoms with Gasteiger partial charge in [0.1, 0.15) is 6.04 Å². The van der Waals surface area contributed by atoms with Crippen molar-refractivity contribution >= 4 is 43.5 Å². The van der Waals surface area contributed by atoms with Crippen molar-refractivity contribution in [1.29, 1.82) is 0 Å². The number of sulfonamides is 1. The van der Waals surface area contributed by atoms with Crippen LogP contribution in [-0.4, -0.2) is 50.5 Å². The topological polar surface area (TPSA) is 86.8 Å². The van der Waals surface area contributed by atoms with Crippen molar-refractivity contribution in [2.45, 2.75) is 59.0 Å². The summed E-state index contributed by atoms with van der Waals surface area (Å²) in [6.07, 6.45) is 3.46. The summed E-state index contributed by atoms with van der Waals surface area (Å²) in [5.74, 6) is -0.384. The summed E-state index contributed by atoms with van der Waals surface area (Å²) in [4.78, 5) is 27.6. The number of carbonyl (C=O) groups excluding carboxylic acids is 2. The van der Waals surface area contributed by atoms with E-state index in [1.165, 1.54) is 4.31 Å². The van der Waals surface area contributed by atoms with Crippen LogP contribution in [0.5, 0.6) is 0 Å². The van der Waals surface area contributed by atoms with Crippen LogP contribution in [0.3, 0.4) is 0 Å². The third-order valence-electron chi connectivity index (χ3n) is 5.74. The van der Waals surface area contributed by atoms with Gasteiger partial charge in [-0.3, -0.25) is 13.9 Å². The molecule has 0 saturated heterocycles. The van der Waals surface area contributed by atoms with E-state index in [4.69, 9.17) is 0 Å². The SMILES string of the molecule is CCCCNC(=O)C(C)N(Cc1ccc(Br)cc1)C(=O)CCCN(c1ccc(C)cc1)S(C)(=O)=O. The lowest BCUT2D eigenvalue weighted by Crippen LogP contribution is -2.47. The molecule has 0 fully saturated rings. The normalized spacial score (nSPS) is 12.1. The number of nitrogens with zero attached hydrogens (tertiary/aromatic N) is 2. The lowest BCUT2D eigenvalue weighted by molar-refractivity contribution is -0.140. The largest absolute Gasteiger partial charge is 0.354 e. The Morgan fingerprint density at radius 1 is 1.03 bits per heavy atom. The molecule has 0 heterocycles. The van der Waals surface area contributed by atoms with Gasteiger partial charge < -0.3 is 10.2 Å². The number of halogens is 1. The number of hydrogen-bond donors (Lipinski definition) is 1. The molecule has 0 aliphatic rings. The van der Waals surface area contributed by atoms with E-state index in [-0.39, 0.29) is 24.8 Å². The van der Waals surface area contributed by atoms with E-state index < -0.39 is 16.1 Å². The second kappa shape index (κ2) is 13.6. The second-order valence-electron chi connectivity index (χ2n) is 8.74. The van der Waals surface area contributed by atoms with Crippen molar-refractivity contribution in [1.82, 2.24) is 10.2 Å². The van der Waals surface area contributed by atoms with Crippen LogP contribution in [0.1, 0.15) is 50.7 Å². The van der Waals surface area contributed by atoms with Crippen LogP contribution in [0.25, 0.3) is 0 Å². The first-order chi connectivity index (χ1) is 16.5. The standard InChI is InChI=1S/C26H36BrN3O4S/c1-5-6-17-28-26(32)21(3)29(19-22-11-13-23(27)14-12-22)25(31)8-7-18-30(35(4,33)34)24-15-9-20(2)10-16-24/h9-16,21H,5-8,17-19H2,1-4H3,(H,28,32). The highest BCUT2D eigenvalue weighted by atomic mass is 79.9. The molecule has 35 heavy (non-hydrogen) atoms. The van der Waals surface area contributed by atoms with E-state index in [9.17, 15) is 18.0 Å². The molecule has 0 aliphatic carbocycles. The van der Waals surface area contributed by atoms with E-state index >= 15 is 0 Å². The third-order valence-corrected chi connectivity index (χ3v) is 7.46. The van der Waals surface area contributed by atoms with Crippen molar-refractivity contribution in [2.24, 2.45) is 0 Å². The fraction of sp³-hybridized carbons (Fsp3) is 0.462. The Kier molecular flexibility index (Phi) is 11.2. The zero-order valence-electron chi connectivity index (χ0n) is 21.0. The quantitative estimate of drug-likeness (QED) is 0.358. The molecule has 0 radical (unpaired) electrons. The minimum Gasteiger partial charge on any atom is -0.354 e. The first kappa shape index (κ1) is 28.8. The monoisotopic (exact) mass is 565 g/mol. The highest BCUT2D eigenvalue weighted by molar-refractivity contribution is 9.10. The number of amides is 2. The van der Waals surface area contributed by atoms with Crippen LogP contribution in [0.4, 0.5) is 5.69 Å². The van der Waals surface area contributed by atoms with E-state index in [1.807, 2.05) is 43.3 Å². The zero-order chi connectivity index (χ0) is 26.0. The van der Waals surface area contributed by atoms with Crippen molar-refractivity contribution in [3.05, 3.63) is 64.1 Å². The number of anilines is 1. The molecule has 7 nitrogen and oxygen atoms in total. The van der Waals surface area contributed by atoms with Gasteiger partial charge in [0.05, 0.1) is 11.9 Å². The van der Waals surface area contributed by atoms with Gasteiger partial charge in [0.15, 0.2) is 0 Å². The van der Waals surface area contributed by atoms with Crippen LogP contribution in [0, 0.1) is 6.92 Å². The van der Waals surface area contributed by atoms with Crippen molar-refractivity contribution in [2.75, 3.05) is 23.7 Å². The fourth-order valence-electron chi connectivity index (χ4n) is 3.62. The molecule has 2 aromatic rings. The summed E-state index contributed by atoms with van der Waals surface area (Å²) in [6, 6.07) is 14.2. The van der Waals surface area contributed by atoms with Crippen molar-refractivity contribution < 1.29 is 18.0 Å². The summed E-state index contributed by atoms with van der Waals surface area (Å²) in [5.41, 5.74) is 2.51. The van der Waals surface area contributed by atoms with Gasteiger partial charge in [0, 0.05) is 30.5 Å². The Morgan fingerprint density at radius 3 is 2.23 bits per heavy atom. The average molecular weight is 567 g/mol. The molecule has 0 aromatic heterocycles. The van der Waals surface area contributed by atoms with E-state index in [2.05, 4.69) is 28.2 Å². The van der Waals surface area contributed by atoms with Gasteiger partial charge in [-0.05, 0) is 56.5 Å². The zero-order valence-corrected chi connectivity index (χ0v) is 23.4. The van der Waals surface area contributed by atoms with Gasteiger partial charge >= 0.3 is 0 Å². The predicted molar refractivity (Wildman–Crippen MR) is 145 cm³/mol. The van der Waals surface area contributed by atoms with Crippen LogP contribution in [0.2, 0.25) is 0 Å². The highest BCUT2D eigenvalue weighted by Crippen LogP contribution is 2.20. The van der Waals surface area contributed by atoms with E-state index in [0.717, 1.165) is 34.7 Å². The average Bonchev–Trinajstić information content (AvgIpc) is 2.81. The van der Waals surface area contributed by atoms with Crippen LogP contribution < -0.4 is 9.62 Å². The minimum atomic E-state index is -3.50. The van der Waals surface area contributed by atoms with Crippen LogP contribution in [-0.2, 0) is 26.2 Å². The number of aryl methyl sites for hydroxylation is 1. The highest BCUT2D eigenvalue weighted by Gasteiger charge is 2.26. The lowest BCUT2D eigenvalue weighted by atomic mass is 10.1. The van der Waals surface area contributed by atoms with Gasteiger partial charge in [-0.1, -0.05) is 59.1 Å². The van der Waals surface area contributed by atoms with Crippen molar-refractivity contribution in [3.8, 4) is 0 Å². The Balaban J connectivity index is 2.12. The lowest BCUT2D eigenvalue weighted by Gasteiger charge is -2.29. The molecule has 1 unspecified atom stereocenters. The molecule has 2 aromatic carbocycles. The molecule has 0 saturated carbocycles. The van der Waals surface area contributed by atoms with Gasteiger partial charge in [-0.15, -0.1) is 0 Å². The third kappa shape index (κ3) is 9.29. The molecule has 1 N–H and O–H groups in total. The summed E-state index contributed by atoms with van der Waals surface area (Å²) < 4.78 is 27.0. The molecule has 0 spiro atoms. The Hall–Kier alpha value is -2.39. The fourth-order valence-corrected chi connectivity index (χ4v) is 4.85. The number of benzene rings is 2. The molecular weight excluding hydrogens is 530 g/mol. The first-order valence-corrected chi connectivity index (χ1v) is 14.5. The molecule has 2 amide bonds. The Labute approximate surface area is 218 Å². The summed E-state index contributed by atoms with van der Waals surface area (Å²) in [5, 5.41) is 2.91. The second-order valence-corrected chi connectivity index (χ2v) is 11.6. The molecule has 9 heteroatoms. The molecule has 2 rings (SSSR count). The first-order valence-electron chi connectivity index (χ1n) is 11.9. The maximum Gasteiger partial charge on any atom is 0.242 e. The molecular formula is C26H36BrN3O4S. The smallest absolute Gasteiger partial charge is 0.242 e. The molecule has 1 atom stereocenters. The van der Waals surface area contributed by atoms with Gasteiger partial charge in [0.25, 0.3) is 0 Å². The van der Waals surface area contributed by atoms with Gasteiger partial charge in [-0.2, -0.15) is 0 Å². The molecule has 0 aliphatic heterocycles. The van der Waals surface area contributed by atoms with E-state index in [1.54, 1.807) is 24.0 Å². The van der Waals surface area contributed by atoms with E-state index in [0.29, 0.717) is 25.2 Å². The Bertz CT molecular complexity index is 1070. The predicted octanol–water partition coefficient (Wildman–Crippen LogP) is 4.64. The summed E-state index contributed by atoms with van der Waals surface area (Å²) in [6.45, 7) is 6.76. The molecule has 0 bridgehead atoms. The van der Waals surface area contributed by atoms with Gasteiger partial charge in [0.2, 0.25) is 21.8 Å². The Morgan fingerprint density at radius 2 is 1.66 bits per heavy atom. The van der Waals surface area contributed by atoms with Crippen LogP contribution >= 0.6 is 15.9 Å². The van der Waals surface area contributed by atoms with Crippen LogP contribution in [0.15, 0.2) is 53.0 Å². The number of hydrogen-bond acceptors (Lipinski definition) is 4. The maximum atomic E-state index is 13.3. The summed E-state index contributed by atoms with van der Waals surface area (Å²) >= 11 is 3.42. The molecule has 192 valence electrons. The van der Waals surface area contributed by atoms with Crippen molar-refractivity contribution in [3.63, 3.8) is 0 Å². The summed E-state index contributed by atoms with van der Waals surface area (Å²) in [7, 11) is -3.50. The maximum absolute atomic E-state index is 13.3.